The van der Waals surface area contributed by atoms with E-state index in [0.717, 1.165) is 30.6 Å². The van der Waals surface area contributed by atoms with Crippen LogP contribution in [-0.2, 0) is 0 Å². The standard InChI is InChI=1S/C12H15NO3S2/c1-17-8-4-2-3-7(8)13-11(14)9-5-6-10(18-9)12(15)16/h5-8H,2-4H2,1H3,(H,13,14)(H,15,16). The van der Waals surface area contributed by atoms with Crippen LogP contribution in [0, 0.1) is 0 Å². The second-order valence-electron chi connectivity index (χ2n) is 4.25. The third-order valence-electron chi connectivity index (χ3n) is 3.11. The molecule has 1 aromatic rings. The van der Waals surface area contributed by atoms with Gasteiger partial charge in [-0.15, -0.1) is 11.3 Å². The number of aromatic carboxylic acids is 1. The third kappa shape index (κ3) is 2.87. The molecule has 0 aromatic carbocycles. The highest BCUT2D eigenvalue weighted by atomic mass is 32.2. The van der Waals surface area contributed by atoms with Crippen LogP contribution in [0.5, 0.6) is 0 Å². The molecule has 0 spiro atoms. The van der Waals surface area contributed by atoms with E-state index in [1.165, 1.54) is 6.07 Å². The van der Waals surface area contributed by atoms with Crippen LogP contribution in [0.3, 0.4) is 0 Å². The van der Waals surface area contributed by atoms with Gasteiger partial charge >= 0.3 is 5.97 Å². The van der Waals surface area contributed by atoms with Crippen LogP contribution in [0.1, 0.15) is 38.6 Å². The molecular formula is C12H15NO3S2. The number of carboxylic acid groups (broad SMARTS) is 1. The van der Waals surface area contributed by atoms with Crippen molar-refractivity contribution in [1.29, 1.82) is 0 Å². The predicted molar refractivity (Wildman–Crippen MR) is 73.7 cm³/mol. The lowest BCUT2D eigenvalue weighted by molar-refractivity contribution is 0.0702. The van der Waals surface area contributed by atoms with E-state index in [4.69, 9.17) is 5.11 Å². The Morgan fingerprint density at radius 1 is 1.39 bits per heavy atom. The van der Waals surface area contributed by atoms with Crippen molar-refractivity contribution >= 4 is 35.0 Å². The summed E-state index contributed by atoms with van der Waals surface area (Å²) < 4.78 is 0. The molecule has 1 amide bonds. The summed E-state index contributed by atoms with van der Waals surface area (Å²) >= 11 is 2.81. The van der Waals surface area contributed by atoms with Crippen LogP contribution in [0.4, 0.5) is 0 Å². The van der Waals surface area contributed by atoms with Gasteiger partial charge in [0.2, 0.25) is 0 Å². The lowest BCUT2D eigenvalue weighted by Gasteiger charge is -2.18. The highest BCUT2D eigenvalue weighted by Crippen LogP contribution is 2.29. The van der Waals surface area contributed by atoms with Crippen molar-refractivity contribution in [2.24, 2.45) is 0 Å². The topological polar surface area (TPSA) is 66.4 Å². The molecule has 2 unspecified atom stereocenters. The van der Waals surface area contributed by atoms with Crippen molar-refractivity contribution in [2.45, 2.75) is 30.6 Å². The predicted octanol–water partition coefficient (Wildman–Crippen LogP) is 2.46. The minimum Gasteiger partial charge on any atom is -0.477 e. The number of thiophene rings is 1. The molecule has 1 saturated carbocycles. The van der Waals surface area contributed by atoms with Gasteiger partial charge in [-0.1, -0.05) is 6.42 Å². The van der Waals surface area contributed by atoms with E-state index in [1.54, 1.807) is 17.8 Å². The SMILES string of the molecule is CSC1CCCC1NC(=O)c1ccc(C(=O)O)s1. The largest absolute Gasteiger partial charge is 0.477 e. The van der Waals surface area contributed by atoms with E-state index in [-0.39, 0.29) is 16.8 Å². The number of carbonyl (C=O) groups excluding carboxylic acids is 1. The minimum atomic E-state index is -0.984. The maximum atomic E-state index is 12.0. The van der Waals surface area contributed by atoms with Crippen LogP contribution in [0.25, 0.3) is 0 Å². The van der Waals surface area contributed by atoms with Gasteiger partial charge < -0.3 is 10.4 Å². The number of nitrogens with one attached hydrogen (secondary N) is 1. The Morgan fingerprint density at radius 2 is 2.11 bits per heavy atom. The van der Waals surface area contributed by atoms with Crippen molar-refractivity contribution in [3.05, 3.63) is 21.9 Å². The van der Waals surface area contributed by atoms with E-state index in [9.17, 15) is 9.59 Å². The summed E-state index contributed by atoms with van der Waals surface area (Å²) in [5.74, 6) is -1.14. The van der Waals surface area contributed by atoms with Crippen molar-refractivity contribution in [3.63, 3.8) is 0 Å². The van der Waals surface area contributed by atoms with Crippen LogP contribution < -0.4 is 5.32 Å². The number of hydrogen-bond donors (Lipinski definition) is 2. The number of rotatable bonds is 4. The summed E-state index contributed by atoms with van der Waals surface area (Å²) in [6.07, 6.45) is 5.34. The first-order valence-electron chi connectivity index (χ1n) is 5.78. The molecule has 4 nitrogen and oxygen atoms in total. The fourth-order valence-corrected chi connectivity index (χ4v) is 3.87. The Kier molecular flexibility index (Phi) is 4.29. The fourth-order valence-electron chi connectivity index (χ4n) is 2.19. The van der Waals surface area contributed by atoms with Crippen molar-refractivity contribution in [3.8, 4) is 0 Å². The summed E-state index contributed by atoms with van der Waals surface area (Å²) in [7, 11) is 0. The van der Waals surface area contributed by atoms with Crippen LogP contribution in [-0.4, -0.2) is 34.5 Å². The quantitative estimate of drug-likeness (QED) is 0.892. The summed E-state index contributed by atoms with van der Waals surface area (Å²) in [5, 5.41) is 12.3. The van der Waals surface area contributed by atoms with Gasteiger partial charge in [0, 0.05) is 11.3 Å². The molecule has 0 bridgehead atoms. The molecule has 0 aliphatic heterocycles. The monoisotopic (exact) mass is 285 g/mol. The Labute approximate surface area is 114 Å². The van der Waals surface area contributed by atoms with Crippen molar-refractivity contribution < 1.29 is 14.7 Å². The molecular weight excluding hydrogens is 270 g/mol. The maximum absolute atomic E-state index is 12.0. The first kappa shape index (κ1) is 13.4. The summed E-state index contributed by atoms with van der Waals surface area (Å²) in [6.45, 7) is 0. The smallest absolute Gasteiger partial charge is 0.345 e. The zero-order valence-electron chi connectivity index (χ0n) is 10.0. The van der Waals surface area contributed by atoms with Gasteiger partial charge in [-0.2, -0.15) is 11.8 Å². The summed E-state index contributed by atoms with van der Waals surface area (Å²) in [4.78, 5) is 23.4. The van der Waals surface area contributed by atoms with E-state index in [2.05, 4.69) is 11.6 Å². The van der Waals surface area contributed by atoms with Gasteiger partial charge in [0.05, 0.1) is 4.88 Å². The van der Waals surface area contributed by atoms with Crippen LogP contribution >= 0.6 is 23.1 Å². The van der Waals surface area contributed by atoms with Gasteiger partial charge in [-0.05, 0) is 31.2 Å². The highest BCUT2D eigenvalue weighted by Gasteiger charge is 2.28. The van der Waals surface area contributed by atoms with E-state index in [0.29, 0.717) is 10.1 Å². The molecule has 6 heteroatoms. The molecule has 2 atom stereocenters. The van der Waals surface area contributed by atoms with E-state index in [1.807, 2.05) is 0 Å². The number of hydrogen-bond acceptors (Lipinski definition) is 4. The van der Waals surface area contributed by atoms with Crippen LogP contribution in [0.15, 0.2) is 12.1 Å². The van der Waals surface area contributed by atoms with Gasteiger partial charge in [-0.3, -0.25) is 4.79 Å². The van der Waals surface area contributed by atoms with Gasteiger partial charge in [0.15, 0.2) is 0 Å². The molecule has 2 N–H and O–H groups in total. The molecule has 2 rings (SSSR count). The Hall–Kier alpha value is -1.01. The van der Waals surface area contributed by atoms with Crippen LogP contribution in [0.2, 0.25) is 0 Å². The number of thioether (sulfide) groups is 1. The van der Waals surface area contributed by atoms with Gasteiger partial charge in [0.1, 0.15) is 4.88 Å². The zero-order chi connectivity index (χ0) is 13.1. The molecule has 0 saturated heterocycles. The van der Waals surface area contributed by atoms with Gasteiger partial charge in [0.25, 0.3) is 5.91 Å². The van der Waals surface area contributed by atoms with E-state index >= 15 is 0 Å². The molecule has 1 aliphatic rings. The first-order valence-corrected chi connectivity index (χ1v) is 7.89. The second kappa shape index (κ2) is 5.75. The minimum absolute atomic E-state index is 0.154. The maximum Gasteiger partial charge on any atom is 0.345 e. The van der Waals surface area contributed by atoms with Gasteiger partial charge in [-0.25, -0.2) is 4.79 Å². The number of amides is 1. The third-order valence-corrected chi connectivity index (χ3v) is 5.35. The normalized spacial score (nSPS) is 22.9. The fraction of sp³-hybridized carbons (Fsp3) is 0.500. The number of carboxylic acids is 1. The molecule has 0 radical (unpaired) electrons. The average molecular weight is 285 g/mol. The molecule has 1 fully saturated rings. The molecule has 1 aliphatic carbocycles. The molecule has 98 valence electrons. The second-order valence-corrected chi connectivity index (χ2v) is 6.41. The lowest BCUT2D eigenvalue weighted by Crippen LogP contribution is -2.38. The lowest BCUT2D eigenvalue weighted by atomic mass is 10.2. The van der Waals surface area contributed by atoms with E-state index < -0.39 is 5.97 Å². The Morgan fingerprint density at radius 3 is 2.72 bits per heavy atom. The molecule has 1 heterocycles. The molecule has 1 aromatic heterocycles. The number of carbonyl (C=O) groups is 2. The Balaban J connectivity index is 2.00. The average Bonchev–Trinajstić information content (AvgIpc) is 2.96. The van der Waals surface area contributed by atoms with Crippen molar-refractivity contribution in [1.82, 2.24) is 5.32 Å². The summed E-state index contributed by atoms with van der Waals surface area (Å²) in [6, 6.07) is 3.26. The summed E-state index contributed by atoms with van der Waals surface area (Å²) in [5.41, 5.74) is 0. The van der Waals surface area contributed by atoms with Crippen molar-refractivity contribution in [2.75, 3.05) is 6.26 Å². The zero-order valence-corrected chi connectivity index (χ0v) is 11.6. The highest BCUT2D eigenvalue weighted by molar-refractivity contribution is 7.99. The first-order chi connectivity index (χ1) is 8.61. The Bertz CT molecular complexity index is 458. The molecule has 18 heavy (non-hydrogen) atoms.